The average molecular weight is 1100 g/mol. The van der Waals surface area contributed by atoms with Crippen LogP contribution < -0.4 is 0 Å². The Kier molecular flexibility index (Phi) is 9.40. The molecule has 19 aromatic rings. The van der Waals surface area contributed by atoms with E-state index < -0.39 is 0 Å². The molecule has 0 radical (unpaired) electrons. The van der Waals surface area contributed by atoms with Crippen molar-refractivity contribution in [3.8, 4) is 34.1 Å². The number of nitrogens with zero attached hydrogens (tertiary/aromatic N) is 12. The van der Waals surface area contributed by atoms with Crippen LogP contribution in [0.5, 0.6) is 0 Å². The van der Waals surface area contributed by atoms with Crippen LogP contribution in [0.15, 0.2) is 255 Å². The molecule has 8 aromatic carbocycles. The zero-order valence-corrected chi connectivity index (χ0v) is 45.6. The van der Waals surface area contributed by atoms with Crippen LogP contribution in [0, 0.1) is 6.57 Å². The number of fused-ring (bicyclic) bond motifs is 18. The molecule has 0 aliphatic heterocycles. The fourth-order valence-electron chi connectivity index (χ4n) is 14.3. The van der Waals surface area contributed by atoms with Crippen molar-refractivity contribution in [2.75, 3.05) is 0 Å². The van der Waals surface area contributed by atoms with Gasteiger partial charge in [-0.1, -0.05) is 115 Å². The highest BCUT2D eigenvalue weighted by atomic mass is 15.2. The van der Waals surface area contributed by atoms with Gasteiger partial charge >= 0.3 is 0 Å². The van der Waals surface area contributed by atoms with E-state index in [-0.39, 0.29) is 0 Å². The van der Waals surface area contributed by atoms with E-state index in [0.29, 0.717) is 5.69 Å². The van der Waals surface area contributed by atoms with E-state index in [1.165, 1.54) is 0 Å². The van der Waals surface area contributed by atoms with Gasteiger partial charge in [-0.05, 0) is 115 Å². The predicted octanol–water partition coefficient (Wildman–Crippen LogP) is 17.8. The molecule has 0 unspecified atom stereocenters. The SMILES string of the molecule is [C-]#[N+]c1ccc2c(c1)c1ccccc1n2-c1c(-n2c3ccccc3c3ncccc32)c(-n2c3ccccc3c3ncccc32)c(-n2c3ccccc3c3ncccc32)c(-n2c3ccccc3c3ncccc32)c1-n1c2ccccc2c2ncccc21. The Morgan fingerprint density at radius 2 is 0.442 bits per heavy atom. The van der Waals surface area contributed by atoms with Gasteiger partial charge in [0, 0.05) is 63.3 Å². The molecule has 0 N–H and O–H groups in total. The lowest BCUT2D eigenvalue weighted by atomic mass is 10.0. The van der Waals surface area contributed by atoms with Crippen molar-refractivity contribution in [2.45, 2.75) is 0 Å². The van der Waals surface area contributed by atoms with Crippen LogP contribution in [-0.4, -0.2) is 52.3 Å². The quantitative estimate of drug-likeness (QED) is 0.155. The normalized spacial score (nSPS) is 12.2. The predicted molar refractivity (Wildman–Crippen MR) is 348 cm³/mol. The molecule has 11 aromatic heterocycles. The molecule has 0 atom stereocenters. The molecule has 0 aliphatic carbocycles. The number of para-hydroxylation sites is 6. The molecule has 398 valence electrons. The largest absolute Gasteiger partial charge is 0.305 e. The van der Waals surface area contributed by atoms with Crippen molar-refractivity contribution in [1.82, 2.24) is 52.3 Å². The van der Waals surface area contributed by atoms with Crippen molar-refractivity contribution in [3.05, 3.63) is 267 Å². The highest BCUT2D eigenvalue weighted by molar-refractivity contribution is 6.18. The van der Waals surface area contributed by atoms with Crippen molar-refractivity contribution in [1.29, 1.82) is 0 Å². The third-order valence-corrected chi connectivity index (χ3v) is 17.6. The summed E-state index contributed by atoms with van der Waals surface area (Å²) in [6, 6.07) is 79.4. The Hall–Kier alpha value is -12.2. The van der Waals surface area contributed by atoms with Gasteiger partial charge in [0.25, 0.3) is 0 Å². The first kappa shape index (κ1) is 46.4. The van der Waals surface area contributed by atoms with Crippen molar-refractivity contribution < 1.29 is 0 Å². The van der Waals surface area contributed by atoms with Gasteiger partial charge in [-0.3, -0.25) is 24.9 Å². The number of rotatable bonds is 6. The van der Waals surface area contributed by atoms with Crippen LogP contribution in [0.1, 0.15) is 0 Å². The van der Waals surface area contributed by atoms with Gasteiger partial charge in [0.1, 0.15) is 0 Å². The summed E-state index contributed by atoms with van der Waals surface area (Å²) >= 11 is 0. The Morgan fingerprint density at radius 1 is 0.221 bits per heavy atom. The average Bonchev–Trinajstić information content (AvgIpc) is 1.44. The molecular weight excluding hydrogens is 1060 g/mol. The first-order chi connectivity index (χ1) is 42.7. The van der Waals surface area contributed by atoms with Gasteiger partial charge < -0.3 is 27.4 Å². The number of benzene rings is 8. The molecule has 19 rings (SSSR count). The van der Waals surface area contributed by atoms with Crippen molar-refractivity contribution >= 4 is 137 Å². The first-order valence-electron chi connectivity index (χ1n) is 28.6. The number of hydrogen-bond acceptors (Lipinski definition) is 5. The minimum absolute atomic E-state index is 0.551. The van der Waals surface area contributed by atoms with Gasteiger partial charge in [0.2, 0.25) is 0 Å². The van der Waals surface area contributed by atoms with Gasteiger partial charge in [-0.2, -0.15) is 0 Å². The topological polar surface area (TPSA) is 98.4 Å². The van der Waals surface area contributed by atoms with Gasteiger partial charge in [0.15, 0.2) is 5.69 Å². The third-order valence-electron chi connectivity index (χ3n) is 17.6. The lowest BCUT2D eigenvalue weighted by molar-refractivity contribution is 0.970. The van der Waals surface area contributed by atoms with Crippen LogP contribution in [0.4, 0.5) is 5.69 Å². The number of aromatic nitrogens is 11. The highest BCUT2D eigenvalue weighted by Gasteiger charge is 2.38. The maximum absolute atomic E-state index is 8.43. The molecule has 0 fully saturated rings. The summed E-state index contributed by atoms with van der Waals surface area (Å²) in [4.78, 5) is 30.5. The summed E-state index contributed by atoms with van der Waals surface area (Å²) < 4.78 is 14.8. The monoisotopic (exact) mass is 1100 g/mol. The molecule has 86 heavy (non-hydrogen) atoms. The molecule has 12 nitrogen and oxygen atoms in total. The van der Waals surface area contributed by atoms with E-state index in [0.717, 1.165) is 166 Å². The van der Waals surface area contributed by atoms with Gasteiger partial charge in [-0.15, -0.1) is 0 Å². The lowest BCUT2D eigenvalue weighted by Crippen LogP contribution is -2.20. The second-order valence-corrected chi connectivity index (χ2v) is 21.9. The summed E-state index contributed by atoms with van der Waals surface area (Å²) in [7, 11) is 0. The fraction of sp³-hybridized carbons (Fsp3) is 0. The lowest BCUT2D eigenvalue weighted by Gasteiger charge is -2.32. The Morgan fingerprint density at radius 3 is 0.721 bits per heavy atom. The standard InChI is InChI=1S/C74H42N12/c1-75-44-36-37-58-51(43-44)45-19-2-8-25-52(45)81(58)69-70(82-53-26-9-3-20-46(53)64-59(82)31-14-38-76-64)72(84-55-28-11-5-22-48(55)66-61(84)33-16-40-78-66)74(86-57-30-13-7-24-50(57)68-63(86)35-18-42-80-68)73(85-56-29-12-6-23-49(56)67-62(85)34-17-41-79-67)71(69)83-54-27-10-4-21-47(54)65-60(83)32-15-39-77-65/h2-43H. The molecule has 0 saturated heterocycles. The summed E-state index contributed by atoms with van der Waals surface area (Å²) in [5, 5.41) is 6.93. The Labute approximate surface area is 488 Å². The van der Waals surface area contributed by atoms with Gasteiger partial charge in [-0.25, -0.2) is 4.85 Å². The molecule has 12 heteroatoms. The zero-order valence-electron chi connectivity index (χ0n) is 45.6. The minimum Gasteiger partial charge on any atom is -0.305 e. The van der Waals surface area contributed by atoms with E-state index in [9.17, 15) is 0 Å². The third kappa shape index (κ3) is 6.06. The second kappa shape index (κ2) is 17.4. The summed E-state index contributed by atoms with van der Waals surface area (Å²) in [5.74, 6) is 0. The van der Waals surface area contributed by atoms with E-state index in [1.54, 1.807) is 0 Å². The molecule has 0 aliphatic rings. The zero-order chi connectivity index (χ0) is 56.3. The summed E-state index contributed by atoms with van der Waals surface area (Å²) in [6.45, 7) is 8.43. The van der Waals surface area contributed by atoms with E-state index in [1.807, 2.05) is 67.4 Å². The van der Waals surface area contributed by atoms with Crippen LogP contribution in [0.3, 0.4) is 0 Å². The van der Waals surface area contributed by atoms with Crippen LogP contribution in [0.2, 0.25) is 0 Å². The molecule has 11 heterocycles. The number of hydrogen-bond donors (Lipinski definition) is 0. The second-order valence-electron chi connectivity index (χ2n) is 21.9. The van der Waals surface area contributed by atoms with Crippen LogP contribution >= 0.6 is 0 Å². The first-order valence-corrected chi connectivity index (χ1v) is 28.6. The van der Waals surface area contributed by atoms with Crippen LogP contribution in [-0.2, 0) is 0 Å². The molecule has 0 spiro atoms. The molecule has 0 amide bonds. The van der Waals surface area contributed by atoms with Crippen molar-refractivity contribution in [3.63, 3.8) is 0 Å². The Balaban J connectivity index is 1.25. The van der Waals surface area contributed by atoms with E-state index >= 15 is 0 Å². The van der Waals surface area contributed by atoms with Crippen LogP contribution in [0.25, 0.3) is 170 Å². The molecule has 0 bridgehead atoms. The maximum atomic E-state index is 8.43. The minimum atomic E-state index is 0.551. The molecule has 0 saturated carbocycles. The van der Waals surface area contributed by atoms with E-state index in [2.05, 4.69) is 220 Å². The number of pyridine rings is 5. The Bertz CT molecular complexity index is 5680. The maximum Gasteiger partial charge on any atom is 0.188 e. The van der Waals surface area contributed by atoms with Crippen molar-refractivity contribution in [2.24, 2.45) is 0 Å². The van der Waals surface area contributed by atoms with Gasteiger partial charge in [0.05, 0.1) is 134 Å². The highest BCUT2D eigenvalue weighted by Crippen LogP contribution is 2.54. The smallest absolute Gasteiger partial charge is 0.188 e. The van der Waals surface area contributed by atoms with E-state index in [4.69, 9.17) is 31.5 Å². The summed E-state index contributed by atoms with van der Waals surface area (Å²) in [5.41, 5.74) is 21.2. The summed E-state index contributed by atoms with van der Waals surface area (Å²) in [6.07, 6.45) is 9.49. The molecular formula is C74H42N12. The fourth-order valence-corrected chi connectivity index (χ4v) is 14.3.